The Morgan fingerprint density at radius 3 is 2.40 bits per heavy atom. The third kappa shape index (κ3) is 8.17. The van der Waals surface area contributed by atoms with Crippen LogP contribution in [0.15, 0.2) is 0 Å². The molecule has 1 unspecified atom stereocenters. The first-order valence-corrected chi connectivity index (χ1v) is 7.97. The van der Waals surface area contributed by atoms with Crippen molar-refractivity contribution in [2.45, 2.75) is 25.9 Å². The van der Waals surface area contributed by atoms with E-state index in [4.69, 9.17) is 4.74 Å². The smallest absolute Gasteiger partial charge is 0.0900 e. The molecule has 1 aliphatic heterocycles. The topological polar surface area (TPSA) is 39.2 Å². The number of nitrogens with zero attached hydrogens (tertiary/aromatic N) is 3. The molecule has 0 radical (unpaired) electrons. The summed E-state index contributed by atoms with van der Waals surface area (Å²) in [6.45, 7) is 10.7. The van der Waals surface area contributed by atoms with Crippen molar-refractivity contribution in [3.63, 3.8) is 0 Å². The van der Waals surface area contributed by atoms with E-state index in [0.717, 1.165) is 65.3 Å². The highest BCUT2D eigenvalue weighted by Crippen LogP contribution is 2.03. The maximum absolute atomic E-state index is 9.96. The van der Waals surface area contributed by atoms with Gasteiger partial charge in [-0.25, -0.2) is 0 Å². The minimum atomic E-state index is -0.347. The SMILES string of the molecule is CCCCOCC(O)CN1CCN(CCN(C)C)CC1. The normalized spacial score (nSPS) is 19.6. The average molecular weight is 287 g/mol. The van der Waals surface area contributed by atoms with E-state index in [9.17, 15) is 5.11 Å². The lowest BCUT2D eigenvalue weighted by Crippen LogP contribution is -2.50. The summed E-state index contributed by atoms with van der Waals surface area (Å²) in [5, 5.41) is 9.96. The van der Waals surface area contributed by atoms with Gasteiger partial charge >= 0.3 is 0 Å². The summed E-state index contributed by atoms with van der Waals surface area (Å²) in [5.74, 6) is 0. The molecule has 20 heavy (non-hydrogen) atoms. The van der Waals surface area contributed by atoms with Crippen molar-refractivity contribution in [1.29, 1.82) is 0 Å². The van der Waals surface area contributed by atoms with E-state index in [1.54, 1.807) is 0 Å². The number of rotatable bonds is 10. The van der Waals surface area contributed by atoms with Crippen LogP contribution in [-0.2, 0) is 4.74 Å². The summed E-state index contributed by atoms with van der Waals surface area (Å²) >= 11 is 0. The molecular weight excluding hydrogens is 254 g/mol. The minimum Gasteiger partial charge on any atom is -0.389 e. The lowest BCUT2D eigenvalue weighted by atomic mass is 10.2. The lowest BCUT2D eigenvalue weighted by molar-refractivity contribution is 0.00616. The zero-order chi connectivity index (χ0) is 14.8. The fraction of sp³-hybridized carbons (Fsp3) is 1.00. The number of hydrogen-bond donors (Lipinski definition) is 1. The molecular formula is C15H33N3O2. The van der Waals surface area contributed by atoms with Crippen molar-refractivity contribution in [3.05, 3.63) is 0 Å². The van der Waals surface area contributed by atoms with Gasteiger partial charge in [0.05, 0.1) is 12.7 Å². The summed E-state index contributed by atoms with van der Waals surface area (Å²) in [4.78, 5) is 7.07. The molecule has 0 bridgehead atoms. The number of hydrogen-bond acceptors (Lipinski definition) is 5. The van der Waals surface area contributed by atoms with Gasteiger partial charge in [-0.3, -0.25) is 9.80 Å². The van der Waals surface area contributed by atoms with E-state index in [2.05, 4.69) is 35.7 Å². The van der Waals surface area contributed by atoms with Gasteiger partial charge in [0.25, 0.3) is 0 Å². The lowest BCUT2D eigenvalue weighted by Gasteiger charge is -2.36. The van der Waals surface area contributed by atoms with Gasteiger partial charge in [-0.15, -0.1) is 0 Å². The standard InChI is InChI=1S/C15H33N3O2/c1-4-5-12-20-14-15(19)13-18-10-8-17(9-11-18)7-6-16(2)3/h15,19H,4-14H2,1-3H3. The Labute approximate surface area is 124 Å². The number of unbranched alkanes of at least 4 members (excludes halogenated alkanes) is 1. The molecule has 1 saturated heterocycles. The van der Waals surface area contributed by atoms with Crippen molar-refractivity contribution >= 4 is 0 Å². The summed E-state index contributed by atoms with van der Waals surface area (Å²) in [6.07, 6.45) is 1.88. The number of piperazine rings is 1. The number of aliphatic hydroxyl groups excluding tert-OH is 1. The van der Waals surface area contributed by atoms with Crippen molar-refractivity contribution in [3.8, 4) is 0 Å². The van der Waals surface area contributed by atoms with Crippen LogP contribution in [0.1, 0.15) is 19.8 Å². The van der Waals surface area contributed by atoms with Gasteiger partial charge in [0.2, 0.25) is 0 Å². The highest BCUT2D eigenvalue weighted by atomic mass is 16.5. The molecule has 0 aromatic rings. The molecule has 5 nitrogen and oxygen atoms in total. The number of ether oxygens (including phenoxy) is 1. The van der Waals surface area contributed by atoms with E-state index in [1.807, 2.05) is 0 Å². The molecule has 1 atom stereocenters. The molecule has 0 aliphatic carbocycles. The molecule has 1 fully saturated rings. The largest absolute Gasteiger partial charge is 0.389 e. The second kappa shape index (κ2) is 10.5. The maximum atomic E-state index is 9.96. The van der Waals surface area contributed by atoms with Crippen LogP contribution in [0.25, 0.3) is 0 Å². The minimum absolute atomic E-state index is 0.347. The molecule has 0 aromatic heterocycles. The van der Waals surface area contributed by atoms with Gasteiger partial charge in [0, 0.05) is 52.4 Å². The van der Waals surface area contributed by atoms with Gasteiger partial charge in [-0.05, 0) is 20.5 Å². The van der Waals surface area contributed by atoms with Crippen LogP contribution in [0, 0.1) is 0 Å². The Balaban J connectivity index is 2.06. The predicted molar refractivity (Wildman–Crippen MR) is 83.2 cm³/mol. The Morgan fingerprint density at radius 1 is 1.15 bits per heavy atom. The highest BCUT2D eigenvalue weighted by Gasteiger charge is 2.18. The zero-order valence-electron chi connectivity index (χ0n) is 13.6. The maximum Gasteiger partial charge on any atom is 0.0900 e. The van der Waals surface area contributed by atoms with Crippen LogP contribution in [0.4, 0.5) is 0 Å². The highest BCUT2D eigenvalue weighted by molar-refractivity contribution is 4.74. The number of β-amino-alcohol motifs (C(OH)–C–C–N with tert-alkyl or cyclic N) is 1. The number of aliphatic hydroxyl groups is 1. The zero-order valence-corrected chi connectivity index (χ0v) is 13.6. The quantitative estimate of drug-likeness (QED) is 0.587. The Hall–Kier alpha value is -0.200. The second-order valence-corrected chi connectivity index (χ2v) is 6.03. The van der Waals surface area contributed by atoms with Crippen molar-refractivity contribution in [2.24, 2.45) is 0 Å². The van der Waals surface area contributed by atoms with Gasteiger partial charge in [0.1, 0.15) is 0 Å². The van der Waals surface area contributed by atoms with Crippen LogP contribution in [-0.4, -0.2) is 99.0 Å². The van der Waals surface area contributed by atoms with Gasteiger partial charge in [-0.2, -0.15) is 0 Å². The van der Waals surface area contributed by atoms with E-state index >= 15 is 0 Å². The van der Waals surface area contributed by atoms with E-state index in [0.29, 0.717) is 6.61 Å². The summed E-state index contributed by atoms with van der Waals surface area (Å²) in [7, 11) is 4.23. The van der Waals surface area contributed by atoms with E-state index in [1.165, 1.54) is 0 Å². The summed E-state index contributed by atoms with van der Waals surface area (Å²) in [6, 6.07) is 0. The van der Waals surface area contributed by atoms with Gasteiger partial charge < -0.3 is 14.7 Å². The Morgan fingerprint density at radius 2 is 1.80 bits per heavy atom. The van der Waals surface area contributed by atoms with E-state index in [-0.39, 0.29) is 6.10 Å². The van der Waals surface area contributed by atoms with E-state index < -0.39 is 0 Å². The molecule has 0 amide bonds. The third-order valence-corrected chi connectivity index (χ3v) is 3.75. The Kier molecular flexibility index (Phi) is 9.39. The van der Waals surface area contributed by atoms with Gasteiger partial charge in [-0.1, -0.05) is 13.3 Å². The van der Waals surface area contributed by atoms with Crippen molar-refractivity contribution in [1.82, 2.24) is 14.7 Å². The van der Waals surface area contributed by atoms with Crippen LogP contribution in [0.5, 0.6) is 0 Å². The summed E-state index contributed by atoms with van der Waals surface area (Å²) in [5.41, 5.74) is 0. The monoisotopic (exact) mass is 287 g/mol. The van der Waals surface area contributed by atoms with Crippen molar-refractivity contribution < 1.29 is 9.84 Å². The first-order chi connectivity index (χ1) is 9.61. The third-order valence-electron chi connectivity index (χ3n) is 3.75. The van der Waals surface area contributed by atoms with Crippen LogP contribution < -0.4 is 0 Å². The van der Waals surface area contributed by atoms with Crippen molar-refractivity contribution in [2.75, 3.05) is 73.1 Å². The average Bonchev–Trinajstić information content (AvgIpc) is 2.43. The molecule has 1 aliphatic rings. The first-order valence-electron chi connectivity index (χ1n) is 7.97. The summed E-state index contributed by atoms with van der Waals surface area (Å²) < 4.78 is 5.47. The predicted octanol–water partition coefficient (Wildman–Crippen LogP) is 0.343. The second-order valence-electron chi connectivity index (χ2n) is 6.03. The molecule has 5 heteroatoms. The fourth-order valence-corrected chi connectivity index (χ4v) is 2.35. The number of likely N-dealkylation sites (N-methyl/N-ethyl adjacent to an activating group) is 1. The van der Waals surface area contributed by atoms with Gasteiger partial charge in [0.15, 0.2) is 0 Å². The molecule has 0 spiro atoms. The van der Waals surface area contributed by atoms with Crippen LogP contribution in [0.2, 0.25) is 0 Å². The molecule has 1 N–H and O–H groups in total. The Bertz CT molecular complexity index is 231. The molecule has 120 valence electrons. The molecule has 1 rings (SSSR count). The molecule has 0 aromatic carbocycles. The van der Waals surface area contributed by atoms with Crippen LogP contribution in [0.3, 0.4) is 0 Å². The first kappa shape index (κ1) is 17.9. The molecule has 0 saturated carbocycles. The molecule has 1 heterocycles. The fourth-order valence-electron chi connectivity index (χ4n) is 2.35. The van der Waals surface area contributed by atoms with Crippen LogP contribution >= 0.6 is 0 Å².